The van der Waals surface area contributed by atoms with Crippen LogP contribution in [-0.2, 0) is 11.3 Å². The van der Waals surface area contributed by atoms with E-state index in [1.165, 1.54) is 11.3 Å². The summed E-state index contributed by atoms with van der Waals surface area (Å²) in [5.41, 5.74) is 1.13. The van der Waals surface area contributed by atoms with Gasteiger partial charge in [-0.3, -0.25) is 9.59 Å². The summed E-state index contributed by atoms with van der Waals surface area (Å²) in [6, 6.07) is 13.8. The molecule has 0 aliphatic carbocycles. The molecule has 0 unspecified atom stereocenters. The van der Waals surface area contributed by atoms with Crippen LogP contribution in [-0.4, -0.2) is 29.3 Å². The molecule has 0 bridgehead atoms. The summed E-state index contributed by atoms with van der Waals surface area (Å²) in [5, 5.41) is 4.74. The van der Waals surface area contributed by atoms with Crippen molar-refractivity contribution in [2.75, 3.05) is 6.54 Å². The Morgan fingerprint density at radius 3 is 2.50 bits per heavy atom. The highest BCUT2D eigenvalue weighted by Crippen LogP contribution is 2.11. The highest BCUT2D eigenvalue weighted by Gasteiger charge is 2.17. The first-order chi connectivity index (χ1) is 11.6. The molecule has 0 aliphatic rings. The smallest absolute Gasteiger partial charge is 0.261 e. The van der Waals surface area contributed by atoms with Gasteiger partial charge in [-0.1, -0.05) is 36.4 Å². The zero-order chi connectivity index (χ0) is 17.4. The molecule has 0 saturated carbocycles. The SMILES string of the molecule is CC(C)N(Cc1ccccc1)C(=O)CCCNC(=O)c1cccs1. The lowest BCUT2D eigenvalue weighted by Crippen LogP contribution is -2.36. The van der Waals surface area contributed by atoms with E-state index in [2.05, 4.69) is 5.32 Å². The molecule has 0 aliphatic heterocycles. The van der Waals surface area contributed by atoms with Crippen LogP contribution >= 0.6 is 11.3 Å². The Bertz CT molecular complexity index is 639. The molecule has 5 heteroatoms. The Balaban J connectivity index is 1.77. The lowest BCUT2D eigenvalue weighted by molar-refractivity contribution is -0.133. The van der Waals surface area contributed by atoms with Crippen LogP contribution in [0.3, 0.4) is 0 Å². The van der Waals surface area contributed by atoms with Crippen molar-refractivity contribution >= 4 is 23.2 Å². The van der Waals surface area contributed by atoms with Gasteiger partial charge in [0, 0.05) is 25.6 Å². The zero-order valence-electron chi connectivity index (χ0n) is 14.2. The molecule has 2 aromatic rings. The minimum atomic E-state index is -0.0672. The van der Waals surface area contributed by atoms with E-state index < -0.39 is 0 Å². The molecule has 2 rings (SSSR count). The quantitative estimate of drug-likeness (QED) is 0.743. The normalized spacial score (nSPS) is 10.6. The number of rotatable bonds is 8. The van der Waals surface area contributed by atoms with Crippen LogP contribution < -0.4 is 5.32 Å². The van der Waals surface area contributed by atoms with Crippen LogP contribution in [0.4, 0.5) is 0 Å². The van der Waals surface area contributed by atoms with Gasteiger partial charge in [0.15, 0.2) is 0 Å². The lowest BCUT2D eigenvalue weighted by Gasteiger charge is -2.27. The predicted octanol–water partition coefficient (Wildman–Crippen LogP) is 3.70. The Morgan fingerprint density at radius 2 is 1.88 bits per heavy atom. The van der Waals surface area contributed by atoms with Crippen molar-refractivity contribution in [3.63, 3.8) is 0 Å². The van der Waals surface area contributed by atoms with Crippen LogP contribution in [0.25, 0.3) is 0 Å². The van der Waals surface area contributed by atoms with Crippen LogP contribution in [0.1, 0.15) is 41.9 Å². The maximum Gasteiger partial charge on any atom is 0.261 e. The molecule has 2 amide bonds. The van der Waals surface area contributed by atoms with Gasteiger partial charge in [-0.15, -0.1) is 11.3 Å². The van der Waals surface area contributed by atoms with E-state index in [1.54, 1.807) is 6.07 Å². The van der Waals surface area contributed by atoms with Crippen molar-refractivity contribution in [3.8, 4) is 0 Å². The summed E-state index contributed by atoms with van der Waals surface area (Å²) < 4.78 is 0. The van der Waals surface area contributed by atoms with E-state index in [-0.39, 0.29) is 17.9 Å². The minimum absolute atomic E-state index is 0.0672. The summed E-state index contributed by atoms with van der Waals surface area (Å²) in [4.78, 5) is 26.9. The number of nitrogens with one attached hydrogen (secondary N) is 1. The van der Waals surface area contributed by atoms with Crippen molar-refractivity contribution in [3.05, 3.63) is 58.3 Å². The molecule has 0 radical (unpaired) electrons. The fourth-order valence-electron chi connectivity index (χ4n) is 2.42. The first-order valence-electron chi connectivity index (χ1n) is 8.23. The standard InChI is InChI=1S/C19H24N2O2S/c1-15(2)21(14-16-8-4-3-5-9-16)18(22)11-6-12-20-19(23)17-10-7-13-24-17/h3-5,7-10,13,15H,6,11-12,14H2,1-2H3,(H,20,23). The average molecular weight is 344 g/mol. The van der Waals surface area contributed by atoms with Gasteiger partial charge >= 0.3 is 0 Å². The summed E-state index contributed by atoms with van der Waals surface area (Å²) in [6.07, 6.45) is 1.09. The fraction of sp³-hybridized carbons (Fsp3) is 0.368. The largest absolute Gasteiger partial charge is 0.351 e. The highest BCUT2D eigenvalue weighted by atomic mass is 32.1. The van der Waals surface area contributed by atoms with E-state index in [0.29, 0.717) is 30.8 Å². The number of hydrogen-bond donors (Lipinski definition) is 1. The molecule has 0 saturated heterocycles. The number of amides is 2. The van der Waals surface area contributed by atoms with Crippen LogP contribution in [0.2, 0.25) is 0 Å². The van der Waals surface area contributed by atoms with Gasteiger partial charge in [0.05, 0.1) is 4.88 Å². The maximum atomic E-state index is 12.5. The van der Waals surface area contributed by atoms with Crippen molar-refractivity contribution in [1.29, 1.82) is 0 Å². The lowest BCUT2D eigenvalue weighted by atomic mass is 10.1. The predicted molar refractivity (Wildman–Crippen MR) is 98.0 cm³/mol. The van der Waals surface area contributed by atoms with E-state index in [4.69, 9.17) is 0 Å². The first-order valence-corrected chi connectivity index (χ1v) is 9.11. The van der Waals surface area contributed by atoms with Gasteiger partial charge in [-0.05, 0) is 37.3 Å². The third-order valence-electron chi connectivity index (χ3n) is 3.74. The molecule has 1 N–H and O–H groups in total. The second kappa shape index (κ2) is 9.23. The summed E-state index contributed by atoms with van der Waals surface area (Å²) in [6.45, 7) is 5.19. The summed E-state index contributed by atoms with van der Waals surface area (Å²) in [7, 11) is 0. The molecule has 1 heterocycles. The van der Waals surface area contributed by atoms with Gasteiger partial charge in [0.1, 0.15) is 0 Å². The number of hydrogen-bond acceptors (Lipinski definition) is 3. The molecule has 0 atom stereocenters. The van der Waals surface area contributed by atoms with Crippen molar-refractivity contribution in [1.82, 2.24) is 10.2 Å². The van der Waals surface area contributed by atoms with Gasteiger partial charge in [-0.2, -0.15) is 0 Å². The molecule has 4 nitrogen and oxygen atoms in total. The number of carbonyl (C=O) groups excluding carboxylic acids is 2. The molecular formula is C19H24N2O2S. The molecular weight excluding hydrogens is 320 g/mol. The van der Waals surface area contributed by atoms with Gasteiger partial charge < -0.3 is 10.2 Å². The third-order valence-corrected chi connectivity index (χ3v) is 4.61. The Kier molecular flexibility index (Phi) is 7.00. The highest BCUT2D eigenvalue weighted by molar-refractivity contribution is 7.12. The topological polar surface area (TPSA) is 49.4 Å². The zero-order valence-corrected chi connectivity index (χ0v) is 15.0. The van der Waals surface area contributed by atoms with E-state index in [9.17, 15) is 9.59 Å². The van der Waals surface area contributed by atoms with Crippen LogP contribution in [0, 0.1) is 0 Å². The van der Waals surface area contributed by atoms with Gasteiger partial charge in [-0.25, -0.2) is 0 Å². The number of carbonyl (C=O) groups is 2. The first kappa shape index (κ1) is 18.2. The number of nitrogens with zero attached hydrogens (tertiary/aromatic N) is 1. The molecule has 128 valence electrons. The van der Waals surface area contributed by atoms with Crippen molar-refractivity contribution in [2.24, 2.45) is 0 Å². The molecule has 24 heavy (non-hydrogen) atoms. The summed E-state index contributed by atoms with van der Waals surface area (Å²) >= 11 is 1.42. The molecule has 1 aromatic carbocycles. The minimum Gasteiger partial charge on any atom is -0.351 e. The van der Waals surface area contributed by atoms with Crippen molar-refractivity contribution in [2.45, 2.75) is 39.3 Å². The summed E-state index contributed by atoms with van der Waals surface area (Å²) in [5.74, 6) is 0.0571. The third kappa shape index (κ3) is 5.49. The molecule has 0 spiro atoms. The van der Waals surface area contributed by atoms with E-state index in [1.807, 2.05) is 60.5 Å². The Morgan fingerprint density at radius 1 is 1.12 bits per heavy atom. The number of thiophene rings is 1. The number of benzene rings is 1. The van der Waals surface area contributed by atoms with Crippen molar-refractivity contribution < 1.29 is 9.59 Å². The van der Waals surface area contributed by atoms with Gasteiger partial charge in [0.2, 0.25) is 5.91 Å². The van der Waals surface area contributed by atoms with Crippen LogP contribution in [0.15, 0.2) is 47.8 Å². The van der Waals surface area contributed by atoms with Gasteiger partial charge in [0.25, 0.3) is 5.91 Å². The molecule has 1 aromatic heterocycles. The van der Waals surface area contributed by atoms with Crippen LogP contribution in [0.5, 0.6) is 0 Å². The fourth-order valence-corrected chi connectivity index (χ4v) is 3.06. The van der Waals surface area contributed by atoms with E-state index in [0.717, 1.165) is 5.56 Å². The van der Waals surface area contributed by atoms with E-state index >= 15 is 0 Å². The maximum absolute atomic E-state index is 12.5. The average Bonchev–Trinajstić information content (AvgIpc) is 3.11. The Labute approximate surface area is 147 Å². The Hall–Kier alpha value is -2.14. The monoisotopic (exact) mass is 344 g/mol. The second-order valence-corrected chi connectivity index (χ2v) is 6.89. The second-order valence-electron chi connectivity index (χ2n) is 5.94. The molecule has 0 fully saturated rings.